The van der Waals surface area contributed by atoms with Gasteiger partial charge < -0.3 is 15.4 Å². The summed E-state index contributed by atoms with van der Waals surface area (Å²) in [6.07, 6.45) is 1.26. The number of carboxylic acids is 1. The van der Waals surface area contributed by atoms with E-state index in [9.17, 15) is 18.0 Å². The van der Waals surface area contributed by atoms with Crippen molar-refractivity contribution in [3.63, 3.8) is 0 Å². The highest BCUT2D eigenvalue weighted by Crippen LogP contribution is 2.21. The van der Waals surface area contributed by atoms with Crippen molar-refractivity contribution in [2.45, 2.75) is 24.8 Å². The molecule has 1 amide bonds. The number of nitrogens with zero attached hydrogens (tertiary/aromatic N) is 1. The van der Waals surface area contributed by atoms with Crippen LogP contribution in [0.2, 0.25) is 0 Å². The van der Waals surface area contributed by atoms with Gasteiger partial charge in [-0.2, -0.15) is 16.1 Å². The average Bonchev–Trinajstić information content (AvgIpc) is 3.03. The van der Waals surface area contributed by atoms with Gasteiger partial charge in [-0.25, -0.2) is 13.2 Å². The maximum Gasteiger partial charge on any atom is 0.326 e. The molecule has 134 valence electrons. The first-order chi connectivity index (χ1) is 11.2. The molecule has 1 aromatic rings. The Bertz CT molecular complexity index is 708. The molecule has 8 nitrogen and oxygen atoms in total. The van der Waals surface area contributed by atoms with Crippen LogP contribution in [0, 0.1) is 5.92 Å². The van der Waals surface area contributed by atoms with E-state index in [2.05, 4.69) is 10.3 Å². The minimum atomic E-state index is -3.64. The predicted molar refractivity (Wildman–Crippen MR) is 90.6 cm³/mol. The third-order valence-electron chi connectivity index (χ3n) is 3.73. The van der Waals surface area contributed by atoms with Crippen LogP contribution in [0.25, 0.3) is 0 Å². The molecule has 0 bridgehead atoms. The number of rotatable bonds is 6. The molecule has 1 aliphatic heterocycles. The molecule has 2 rings (SSSR count). The topological polar surface area (TPSA) is 120 Å². The van der Waals surface area contributed by atoms with Gasteiger partial charge in [-0.3, -0.25) is 4.79 Å². The highest BCUT2D eigenvalue weighted by molar-refractivity contribution is 7.99. The number of sulfonamides is 1. The van der Waals surface area contributed by atoms with E-state index in [0.29, 0.717) is 13.1 Å². The average molecular weight is 375 g/mol. The molecule has 1 aromatic heterocycles. The maximum absolute atomic E-state index is 12.5. The van der Waals surface area contributed by atoms with Crippen LogP contribution in [0.3, 0.4) is 0 Å². The fraction of sp³-hybridized carbons (Fsp3) is 0.571. The van der Waals surface area contributed by atoms with Gasteiger partial charge in [-0.15, -0.1) is 0 Å². The number of aromatic amines is 1. The Morgan fingerprint density at radius 3 is 2.50 bits per heavy atom. The molecule has 1 fully saturated rings. The van der Waals surface area contributed by atoms with Crippen molar-refractivity contribution < 1.29 is 23.1 Å². The number of thioether (sulfide) groups is 1. The highest BCUT2D eigenvalue weighted by Gasteiger charge is 2.29. The molecule has 1 saturated heterocycles. The van der Waals surface area contributed by atoms with Gasteiger partial charge in [-0.05, 0) is 12.0 Å². The maximum atomic E-state index is 12.5. The molecule has 0 aliphatic carbocycles. The van der Waals surface area contributed by atoms with Gasteiger partial charge in [-0.1, -0.05) is 13.8 Å². The predicted octanol–water partition coefficient (Wildman–Crippen LogP) is 0.591. The van der Waals surface area contributed by atoms with Crippen LogP contribution in [0.4, 0.5) is 0 Å². The molecule has 24 heavy (non-hydrogen) atoms. The van der Waals surface area contributed by atoms with E-state index in [4.69, 9.17) is 5.11 Å². The molecular weight excluding hydrogens is 354 g/mol. The fourth-order valence-electron chi connectivity index (χ4n) is 2.32. The Balaban J connectivity index is 2.14. The number of aliphatic carboxylic acids is 1. The van der Waals surface area contributed by atoms with Gasteiger partial charge in [0.15, 0.2) is 0 Å². The lowest BCUT2D eigenvalue weighted by atomic mass is 10.0. The summed E-state index contributed by atoms with van der Waals surface area (Å²) in [6, 6.07) is 0.200. The van der Waals surface area contributed by atoms with Crippen molar-refractivity contribution in [2.24, 2.45) is 5.92 Å². The van der Waals surface area contributed by atoms with Crippen molar-refractivity contribution >= 4 is 33.7 Å². The van der Waals surface area contributed by atoms with Gasteiger partial charge in [0.1, 0.15) is 16.6 Å². The van der Waals surface area contributed by atoms with Crippen LogP contribution >= 0.6 is 11.8 Å². The van der Waals surface area contributed by atoms with Crippen LogP contribution < -0.4 is 5.32 Å². The molecule has 0 saturated carbocycles. The zero-order valence-electron chi connectivity index (χ0n) is 13.5. The number of H-pyrrole nitrogens is 1. The highest BCUT2D eigenvalue weighted by atomic mass is 32.2. The summed E-state index contributed by atoms with van der Waals surface area (Å²) in [5.41, 5.74) is 0.0202. The molecular formula is C14H21N3O5S2. The number of amides is 1. The minimum Gasteiger partial charge on any atom is -0.480 e. The summed E-state index contributed by atoms with van der Waals surface area (Å²) < 4.78 is 26.5. The van der Waals surface area contributed by atoms with Gasteiger partial charge in [0.25, 0.3) is 5.91 Å². The first-order valence-corrected chi connectivity index (χ1v) is 10.1. The van der Waals surface area contributed by atoms with Crippen molar-refractivity contribution in [3.8, 4) is 0 Å². The fourth-order valence-corrected chi connectivity index (χ4v) is 4.89. The van der Waals surface area contributed by atoms with Crippen LogP contribution in [0.15, 0.2) is 17.2 Å². The van der Waals surface area contributed by atoms with E-state index >= 15 is 0 Å². The van der Waals surface area contributed by atoms with Crippen LogP contribution in [0.5, 0.6) is 0 Å². The first kappa shape index (κ1) is 18.8. The summed E-state index contributed by atoms with van der Waals surface area (Å²) in [7, 11) is -3.64. The van der Waals surface area contributed by atoms with Gasteiger partial charge in [0.05, 0.1) is 0 Å². The first-order valence-electron chi connectivity index (χ1n) is 7.53. The Labute approximate surface area is 145 Å². The standard InChI is InChI=1S/C14H21N3O5S2/c1-9(2)12(14(19)20)16-13(18)11-7-10(8-15-11)24(21,22)17-3-5-23-6-4-17/h7-9,12,15H,3-6H2,1-2H3,(H,16,18)(H,19,20)/t12-/m0/s1. The lowest BCUT2D eigenvalue weighted by molar-refractivity contribution is -0.140. The van der Waals surface area contributed by atoms with Gasteiger partial charge in [0, 0.05) is 30.8 Å². The number of hydrogen-bond acceptors (Lipinski definition) is 5. The summed E-state index contributed by atoms with van der Waals surface area (Å²) in [5.74, 6) is -0.594. The van der Waals surface area contributed by atoms with Crippen molar-refractivity contribution in [2.75, 3.05) is 24.6 Å². The Morgan fingerprint density at radius 1 is 1.33 bits per heavy atom. The minimum absolute atomic E-state index is 0.0102. The number of carboxylic acid groups (broad SMARTS) is 1. The lowest BCUT2D eigenvalue weighted by Gasteiger charge is -2.24. The normalized spacial score (nSPS) is 17.6. The second-order valence-electron chi connectivity index (χ2n) is 5.80. The van der Waals surface area contributed by atoms with Gasteiger partial charge in [0.2, 0.25) is 10.0 Å². The lowest BCUT2D eigenvalue weighted by Crippen LogP contribution is -2.44. The van der Waals surface area contributed by atoms with Crippen LogP contribution in [-0.2, 0) is 14.8 Å². The summed E-state index contributed by atoms with van der Waals surface area (Å²) in [6.45, 7) is 4.23. The number of carbonyl (C=O) groups excluding carboxylic acids is 1. The molecule has 10 heteroatoms. The summed E-state index contributed by atoms with van der Waals surface area (Å²) in [5, 5.41) is 11.5. The monoisotopic (exact) mass is 375 g/mol. The van der Waals surface area contributed by atoms with E-state index in [-0.39, 0.29) is 16.5 Å². The Kier molecular flexibility index (Phi) is 5.94. The second kappa shape index (κ2) is 7.58. The van der Waals surface area contributed by atoms with Crippen molar-refractivity contribution in [1.82, 2.24) is 14.6 Å². The van der Waals surface area contributed by atoms with Crippen molar-refractivity contribution in [3.05, 3.63) is 18.0 Å². The number of aromatic nitrogens is 1. The smallest absolute Gasteiger partial charge is 0.326 e. The molecule has 0 radical (unpaired) electrons. The second-order valence-corrected chi connectivity index (χ2v) is 8.96. The number of nitrogens with one attached hydrogen (secondary N) is 2. The molecule has 1 aliphatic rings. The van der Waals surface area contributed by atoms with E-state index in [1.54, 1.807) is 25.6 Å². The molecule has 0 spiro atoms. The Hall–Kier alpha value is -1.52. The van der Waals surface area contributed by atoms with Crippen LogP contribution in [-0.4, -0.2) is 65.3 Å². The quantitative estimate of drug-likeness (QED) is 0.669. The van der Waals surface area contributed by atoms with Crippen LogP contribution in [0.1, 0.15) is 24.3 Å². The summed E-state index contributed by atoms with van der Waals surface area (Å²) >= 11 is 1.70. The van der Waals surface area contributed by atoms with E-state index in [0.717, 1.165) is 11.5 Å². The zero-order valence-corrected chi connectivity index (χ0v) is 15.1. The Morgan fingerprint density at radius 2 is 1.96 bits per heavy atom. The van der Waals surface area contributed by atoms with E-state index < -0.39 is 27.9 Å². The van der Waals surface area contributed by atoms with E-state index in [1.165, 1.54) is 16.6 Å². The van der Waals surface area contributed by atoms with Gasteiger partial charge >= 0.3 is 5.97 Å². The van der Waals surface area contributed by atoms with Crippen molar-refractivity contribution in [1.29, 1.82) is 0 Å². The third-order valence-corrected chi connectivity index (χ3v) is 6.55. The molecule has 3 N–H and O–H groups in total. The molecule has 2 heterocycles. The molecule has 1 atom stereocenters. The molecule has 0 aromatic carbocycles. The van der Waals surface area contributed by atoms with E-state index in [1.807, 2.05) is 0 Å². The third kappa shape index (κ3) is 4.11. The SMILES string of the molecule is CC(C)[C@H](NC(=O)c1cc(S(=O)(=O)N2CCSCC2)c[nH]1)C(=O)O. The number of hydrogen-bond donors (Lipinski definition) is 3. The number of carbonyl (C=O) groups is 2. The summed E-state index contributed by atoms with van der Waals surface area (Å²) in [4.78, 5) is 25.9. The molecule has 0 unspecified atom stereocenters. The largest absolute Gasteiger partial charge is 0.480 e. The zero-order chi connectivity index (χ0) is 17.9.